The van der Waals surface area contributed by atoms with E-state index in [0.717, 1.165) is 17.7 Å². The highest BCUT2D eigenvalue weighted by Crippen LogP contribution is 2.32. The second kappa shape index (κ2) is 6.09. The molecule has 1 aliphatic rings. The fourth-order valence-electron chi connectivity index (χ4n) is 2.32. The minimum absolute atomic E-state index is 0.180. The zero-order valence-corrected chi connectivity index (χ0v) is 12.6. The molecule has 0 aliphatic carbocycles. The van der Waals surface area contributed by atoms with Crippen molar-refractivity contribution in [2.45, 2.75) is 26.3 Å². The highest BCUT2D eigenvalue weighted by Gasteiger charge is 2.18. The minimum atomic E-state index is -0.258. The van der Waals surface area contributed by atoms with Crippen LogP contribution in [0.2, 0.25) is 0 Å². The molecule has 0 radical (unpaired) electrons. The third kappa shape index (κ3) is 2.90. The second-order valence-corrected chi connectivity index (χ2v) is 5.21. The first-order chi connectivity index (χ1) is 10.6. The van der Waals surface area contributed by atoms with Crippen molar-refractivity contribution in [3.63, 3.8) is 0 Å². The van der Waals surface area contributed by atoms with Crippen LogP contribution in [0.15, 0.2) is 29.0 Å². The van der Waals surface area contributed by atoms with Crippen molar-refractivity contribution >= 4 is 5.91 Å². The molecule has 2 aromatic rings. The summed E-state index contributed by atoms with van der Waals surface area (Å²) in [6.45, 7) is 4.91. The Bertz CT molecular complexity index is 681. The van der Waals surface area contributed by atoms with Crippen LogP contribution in [-0.4, -0.2) is 24.1 Å². The van der Waals surface area contributed by atoms with Gasteiger partial charge in [0.25, 0.3) is 5.91 Å². The largest absolute Gasteiger partial charge is 0.490 e. The van der Waals surface area contributed by atoms with Gasteiger partial charge in [-0.2, -0.15) is 0 Å². The van der Waals surface area contributed by atoms with E-state index in [4.69, 9.17) is 13.9 Å². The monoisotopic (exact) mass is 302 g/mol. The van der Waals surface area contributed by atoms with Crippen molar-refractivity contribution in [2.24, 2.45) is 0 Å². The van der Waals surface area contributed by atoms with E-state index < -0.39 is 0 Å². The predicted octanol–water partition coefficient (Wildman–Crippen LogP) is 2.64. The van der Waals surface area contributed by atoms with Crippen molar-refractivity contribution in [1.82, 2.24) is 10.3 Å². The van der Waals surface area contributed by atoms with Gasteiger partial charge in [0, 0.05) is 6.42 Å². The van der Waals surface area contributed by atoms with E-state index in [9.17, 15) is 4.79 Å². The lowest BCUT2D eigenvalue weighted by Crippen LogP contribution is -2.27. The number of aryl methyl sites for hydroxylation is 1. The topological polar surface area (TPSA) is 73.6 Å². The first-order valence-electron chi connectivity index (χ1n) is 7.25. The molecule has 2 heterocycles. The van der Waals surface area contributed by atoms with Gasteiger partial charge in [0.05, 0.1) is 19.3 Å². The van der Waals surface area contributed by atoms with Gasteiger partial charge in [0.2, 0.25) is 0 Å². The van der Waals surface area contributed by atoms with Crippen LogP contribution in [0.5, 0.6) is 11.5 Å². The fraction of sp³-hybridized carbons (Fsp3) is 0.375. The van der Waals surface area contributed by atoms with E-state index in [1.54, 1.807) is 6.92 Å². The molecule has 0 bridgehead atoms. The molecule has 1 aliphatic heterocycles. The lowest BCUT2D eigenvalue weighted by Gasteiger charge is -2.16. The average Bonchev–Trinajstić information content (AvgIpc) is 2.80. The smallest absolute Gasteiger partial charge is 0.273 e. The maximum absolute atomic E-state index is 12.2. The minimum Gasteiger partial charge on any atom is -0.490 e. The van der Waals surface area contributed by atoms with Gasteiger partial charge in [0.1, 0.15) is 5.76 Å². The molecule has 1 aromatic carbocycles. The van der Waals surface area contributed by atoms with Crippen molar-refractivity contribution in [3.05, 3.63) is 41.6 Å². The maximum atomic E-state index is 12.2. The lowest BCUT2D eigenvalue weighted by molar-refractivity contribution is 0.0934. The molecule has 1 aromatic heterocycles. The first kappa shape index (κ1) is 14.4. The number of nitrogens with zero attached hydrogens (tertiary/aromatic N) is 1. The number of fused-ring (bicyclic) bond motifs is 1. The van der Waals surface area contributed by atoms with Gasteiger partial charge in [-0.25, -0.2) is 4.98 Å². The molecule has 1 N–H and O–H groups in total. The van der Waals surface area contributed by atoms with Crippen molar-refractivity contribution in [1.29, 1.82) is 0 Å². The third-order valence-electron chi connectivity index (χ3n) is 3.58. The maximum Gasteiger partial charge on any atom is 0.273 e. The first-order valence-corrected chi connectivity index (χ1v) is 7.25. The molecular weight excluding hydrogens is 284 g/mol. The molecule has 0 fully saturated rings. The van der Waals surface area contributed by atoms with E-state index in [2.05, 4.69) is 10.3 Å². The van der Waals surface area contributed by atoms with Crippen LogP contribution < -0.4 is 14.8 Å². The van der Waals surface area contributed by atoms with E-state index in [0.29, 0.717) is 30.4 Å². The molecule has 116 valence electrons. The number of hydrogen-bond acceptors (Lipinski definition) is 5. The van der Waals surface area contributed by atoms with Gasteiger partial charge in [-0.15, -0.1) is 0 Å². The summed E-state index contributed by atoms with van der Waals surface area (Å²) in [6, 6.07) is 5.52. The molecule has 22 heavy (non-hydrogen) atoms. The third-order valence-corrected chi connectivity index (χ3v) is 3.58. The van der Waals surface area contributed by atoms with Crippen molar-refractivity contribution in [2.75, 3.05) is 13.2 Å². The Hall–Kier alpha value is -2.50. The number of nitrogens with one attached hydrogen (secondary N) is 1. The molecule has 0 spiro atoms. The van der Waals surface area contributed by atoms with Crippen LogP contribution >= 0.6 is 0 Å². The number of carbonyl (C=O) groups is 1. The molecule has 1 unspecified atom stereocenters. The molecular formula is C16H18N2O4. The highest BCUT2D eigenvalue weighted by molar-refractivity contribution is 5.93. The fourth-order valence-corrected chi connectivity index (χ4v) is 2.32. The normalized spacial score (nSPS) is 15.0. The van der Waals surface area contributed by atoms with Gasteiger partial charge < -0.3 is 19.2 Å². The van der Waals surface area contributed by atoms with Gasteiger partial charge in [-0.3, -0.25) is 4.79 Å². The van der Waals surface area contributed by atoms with Crippen LogP contribution in [-0.2, 0) is 0 Å². The van der Waals surface area contributed by atoms with E-state index >= 15 is 0 Å². The number of hydrogen-bond donors (Lipinski definition) is 1. The second-order valence-electron chi connectivity index (χ2n) is 5.21. The van der Waals surface area contributed by atoms with Crippen LogP contribution in [0.25, 0.3) is 0 Å². The number of oxazole rings is 1. The van der Waals surface area contributed by atoms with Crippen LogP contribution in [0.3, 0.4) is 0 Å². The van der Waals surface area contributed by atoms with Crippen LogP contribution in [0.1, 0.15) is 41.2 Å². The summed E-state index contributed by atoms with van der Waals surface area (Å²) >= 11 is 0. The van der Waals surface area contributed by atoms with Crippen molar-refractivity contribution in [3.8, 4) is 11.5 Å². The number of amides is 1. The number of ether oxygens (including phenoxy) is 2. The summed E-state index contributed by atoms with van der Waals surface area (Å²) in [6.07, 6.45) is 2.13. The molecule has 3 rings (SSSR count). The summed E-state index contributed by atoms with van der Waals surface area (Å²) in [5.41, 5.74) is 1.25. The predicted molar refractivity (Wildman–Crippen MR) is 79.2 cm³/mol. The molecule has 0 saturated carbocycles. The zero-order chi connectivity index (χ0) is 15.5. The molecule has 1 atom stereocenters. The number of rotatable bonds is 3. The Morgan fingerprint density at radius 3 is 2.77 bits per heavy atom. The summed E-state index contributed by atoms with van der Waals surface area (Å²) < 4.78 is 16.3. The van der Waals surface area contributed by atoms with Gasteiger partial charge >= 0.3 is 0 Å². The summed E-state index contributed by atoms with van der Waals surface area (Å²) in [7, 11) is 0. The number of benzene rings is 1. The SMILES string of the molecule is Cc1ocnc1C(=O)NC(C)c1ccc2c(c1)OCCCO2. The summed E-state index contributed by atoms with van der Waals surface area (Å²) in [4.78, 5) is 16.1. The Morgan fingerprint density at radius 1 is 1.27 bits per heavy atom. The van der Waals surface area contributed by atoms with E-state index in [-0.39, 0.29) is 11.9 Å². The Kier molecular flexibility index (Phi) is 4.00. The van der Waals surface area contributed by atoms with Gasteiger partial charge in [-0.1, -0.05) is 6.07 Å². The number of carbonyl (C=O) groups excluding carboxylic acids is 1. The van der Waals surface area contributed by atoms with Crippen molar-refractivity contribution < 1.29 is 18.7 Å². The van der Waals surface area contributed by atoms with E-state index in [1.165, 1.54) is 6.39 Å². The van der Waals surface area contributed by atoms with E-state index in [1.807, 2.05) is 25.1 Å². The molecule has 0 saturated heterocycles. The van der Waals surface area contributed by atoms with Crippen LogP contribution in [0.4, 0.5) is 0 Å². The zero-order valence-electron chi connectivity index (χ0n) is 12.6. The number of aromatic nitrogens is 1. The molecule has 6 nitrogen and oxygen atoms in total. The van der Waals surface area contributed by atoms with Gasteiger partial charge in [-0.05, 0) is 31.5 Å². The average molecular weight is 302 g/mol. The van der Waals surface area contributed by atoms with Crippen LogP contribution in [0, 0.1) is 6.92 Å². The molecule has 1 amide bonds. The Morgan fingerprint density at radius 2 is 2.05 bits per heavy atom. The highest BCUT2D eigenvalue weighted by atomic mass is 16.5. The lowest BCUT2D eigenvalue weighted by atomic mass is 10.1. The Labute approximate surface area is 128 Å². The van der Waals surface area contributed by atoms with Gasteiger partial charge in [0.15, 0.2) is 23.6 Å². The summed E-state index contributed by atoms with van der Waals surface area (Å²) in [5.74, 6) is 1.70. The summed E-state index contributed by atoms with van der Waals surface area (Å²) in [5, 5.41) is 2.90. The quantitative estimate of drug-likeness (QED) is 0.943. The Balaban J connectivity index is 1.75. The standard InChI is InChI=1S/C16H18N2O4/c1-10(18-16(19)15-11(2)22-9-17-15)12-4-5-13-14(8-12)21-7-3-6-20-13/h4-5,8-10H,3,6-7H2,1-2H3,(H,18,19). The molecule has 6 heteroatoms.